The number of anilines is 3. The van der Waals surface area contributed by atoms with Crippen LogP contribution in [-0.4, -0.2) is 67.4 Å². The summed E-state index contributed by atoms with van der Waals surface area (Å²) in [6.07, 6.45) is 4.28. The molecule has 10 nitrogen and oxygen atoms in total. The molecule has 26 heavy (non-hydrogen) atoms. The molecule has 2 aliphatic heterocycles. The van der Waals surface area contributed by atoms with Gasteiger partial charge >= 0.3 is 5.69 Å². The minimum absolute atomic E-state index is 0.0783. The summed E-state index contributed by atoms with van der Waals surface area (Å²) in [4.78, 5) is 23.0. The van der Waals surface area contributed by atoms with Gasteiger partial charge in [-0.1, -0.05) is 12.8 Å². The molecule has 0 spiro atoms. The second-order valence-corrected chi connectivity index (χ2v) is 6.80. The third-order valence-electron chi connectivity index (χ3n) is 4.94. The van der Waals surface area contributed by atoms with Gasteiger partial charge < -0.3 is 25.6 Å². The van der Waals surface area contributed by atoms with Crippen LogP contribution in [0.2, 0.25) is 0 Å². The SMILES string of the molecule is Nc1nc(NCC[NH+]2CCOCC2)nc(N2CCCCCC2)c1[N+](=O)[O-]. The molecule has 4 N–H and O–H groups in total. The van der Waals surface area contributed by atoms with E-state index in [4.69, 9.17) is 10.5 Å². The molecule has 0 atom stereocenters. The van der Waals surface area contributed by atoms with E-state index in [0.29, 0.717) is 18.3 Å². The first-order chi connectivity index (χ1) is 12.6. The molecule has 0 unspecified atom stereocenters. The number of ether oxygens (including phenoxy) is 1. The number of nitrogens with zero attached hydrogens (tertiary/aromatic N) is 4. The monoisotopic (exact) mass is 366 g/mol. The highest BCUT2D eigenvalue weighted by molar-refractivity contribution is 5.71. The number of hydrogen-bond acceptors (Lipinski definition) is 8. The summed E-state index contributed by atoms with van der Waals surface area (Å²) in [5, 5.41) is 14.7. The van der Waals surface area contributed by atoms with Crippen LogP contribution in [-0.2, 0) is 4.74 Å². The molecule has 3 heterocycles. The summed E-state index contributed by atoms with van der Waals surface area (Å²) in [6, 6.07) is 0. The Labute approximate surface area is 152 Å². The number of nitrogen functional groups attached to an aromatic ring is 1. The Morgan fingerprint density at radius 2 is 1.88 bits per heavy atom. The molecule has 0 radical (unpaired) electrons. The van der Waals surface area contributed by atoms with Crippen molar-refractivity contribution in [3.63, 3.8) is 0 Å². The number of hydrogen-bond donors (Lipinski definition) is 3. The zero-order valence-electron chi connectivity index (χ0n) is 15.1. The van der Waals surface area contributed by atoms with Crippen LogP contribution in [0.3, 0.4) is 0 Å². The maximum atomic E-state index is 11.5. The third kappa shape index (κ3) is 4.70. The third-order valence-corrected chi connectivity index (χ3v) is 4.94. The molecule has 10 heteroatoms. The topological polar surface area (TPSA) is 124 Å². The smallest absolute Gasteiger partial charge is 0.353 e. The summed E-state index contributed by atoms with van der Waals surface area (Å²) in [7, 11) is 0. The average molecular weight is 366 g/mol. The van der Waals surface area contributed by atoms with Crippen molar-refractivity contribution in [1.29, 1.82) is 0 Å². The molecule has 144 valence electrons. The molecule has 2 saturated heterocycles. The molecule has 0 aliphatic carbocycles. The minimum Gasteiger partial charge on any atom is -0.378 e. The zero-order valence-corrected chi connectivity index (χ0v) is 15.1. The Morgan fingerprint density at radius 3 is 2.54 bits per heavy atom. The number of nitro groups is 1. The first kappa shape index (κ1) is 18.6. The molecular formula is C16H28N7O3+. The van der Waals surface area contributed by atoms with E-state index in [9.17, 15) is 10.1 Å². The van der Waals surface area contributed by atoms with Crippen LogP contribution in [0.1, 0.15) is 25.7 Å². The fourth-order valence-electron chi connectivity index (χ4n) is 3.48. The van der Waals surface area contributed by atoms with Gasteiger partial charge in [0.05, 0.1) is 31.2 Å². The summed E-state index contributed by atoms with van der Waals surface area (Å²) >= 11 is 0. The molecule has 2 aliphatic rings. The fourth-order valence-corrected chi connectivity index (χ4v) is 3.48. The van der Waals surface area contributed by atoms with Gasteiger partial charge in [0.1, 0.15) is 13.1 Å². The van der Waals surface area contributed by atoms with Crippen molar-refractivity contribution < 1.29 is 14.6 Å². The van der Waals surface area contributed by atoms with Gasteiger partial charge in [-0.05, 0) is 12.8 Å². The quantitative estimate of drug-likeness (QED) is 0.462. The number of aromatic nitrogens is 2. The van der Waals surface area contributed by atoms with Crippen molar-refractivity contribution >= 4 is 23.3 Å². The van der Waals surface area contributed by atoms with E-state index < -0.39 is 4.92 Å². The lowest BCUT2D eigenvalue weighted by atomic mass is 10.2. The lowest BCUT2D eigenvalue weighted by Crippen LogP contribution is -3.14. The molecule has 2 fully saturated rings. The molecule has 0 saturated carbocycles. The predicted molar refractivity (Wildman–Crippen MR) is 98.7 cm³/mol. The number of nitrogens with one attached hydrogen (secondary N) is 2. The molecule has 1 aromatic heterocycles. The van der Waals surface area contributed by atoms with E-state index in [0.717, 1.165) is 71.6 Å². The number of quaternary nitrogens is 1. The Kier molecular flexibility index (Phi) is 6.40. The van der Waals surface area contributed by atoms with Gasteiger partial charge in [0.25, 0.3) is 0 Å². The molecule has 1 aromatic rings. The van der Waals surface area contributed by atoms with Crippen LogP contribution in [0.25, 0.3) is 0 Å². The maximum absolute atomic E-state index is 11.5. The van der Waals surface area contributed by atoms with Crippen molar-refractivity contribution in [3.8, 4) is 0 Å². The van der Waals surface area contributed by atoms with Crippen molar-refractivity contribution in [1.82, 2.24) is 9.97 Å². The van der Waals surface area contributed by atoms with Crippen LogP contribution < -0.4 is 20.9 Å². The largest absolute Gasteiger partial charge is 0.378 e. The molecular weight excluding hydrogens is 338 g/mol. The van der Waals surface area contributed by atoms with E-state index in [-0.39, 0.29) is 11.5 Å². The zero-order chi connectivity index (χ0) is 18.4. The Balaban J connectivity index is 1.72. The van der Waals surface area contributed by atoms with Gasteiger partial charge in [0.2, 0.25) is 17.6 Å². The van der Waals surface area contributed by atoms with Crippen LogP contribution in [0.15, 0.2) is 0 Å². The highest BCUT2D eigenvalue weighted by Crippen LogP contribution is 2.33. The number of morpholine rings is 1. The summed E-state index contributed by atoms with van der Waals surface area (Å²) in [6.45, 7) is 6.68. The lowest BCUT2D eigenvalue weighted by molar-refractivity contribution is -0.906. The van der Waals surface area contributed by atoms with Crippen LogP contribution in [0.5, 0.6) is 0 Å². The van der Waals surface area contributed by atoms with Crippen LogP contribution in [0.4, 0.5) is 23.3 Å². The standard InChI is InChI=1S/C16H27N7O3/c17-14-13(23(24)25)15(22-6-3-1-2-4-7-22)20-16(19-14)18-5-8-21-9-11-26-12-10-21/h1-12H2,(H3,17,18,19,20)/p+1. The van der Waals surface area contributed by atoms with Crippen LogP contribution in [0, 0.1) is 10.1 Å². The molecule has 0 bridgehead atoms. The first-order valence-electron chi connectivity index (χ1n) is 9.37. The summed E-state index contributed by atoms with van der Waals surface area (Å²) in [5.41, 5.74) is 5.72. The second-order valence-electron chi connectivity index (χ2n) is 6.80. The van der Waals surface area contributed by atoms with Crippen molar-refractivity contribution in [3.05, 3.63) is 10.1 Å². The van der Waals surface area contributed by atoms with Crippen molar-refractivity contribution in [2.24, 2.45) is 0 Å². The van der Waals surface area contributed by atoms with E-state index in [1.165, 1.54) is 4.90 Å². The van der Waals surface area contributed by atoms with Crippen molar-refractivity contribution in [2.75, 3.05) is 68.4 Å². The molecule has 0 amide bonds. The lowest BCUT2D eigenvalue weighted by Gasteiger charge is -2.24. The highest BCUT2D eigenvalue weighted by atomic mass is 16.6. The molecule has 3 rings (SSSR count). The Bertz CT molecular complexity index is 614. The van der Waals surface area contributed by atoms with Gasteiger partial charge in [-0.25, -0.2) is 0 Å². The predicted octanol–water partition coefficient (Wildman–Crippen LogP) is -0.326. The molecule has 0 aromatic carbocycles. The number of nitrogens with two attached hydrogens (primary N) is 1. The van der Waals surface area contributed by atoms with Gasteiger partial charge in [-0.3, -0.25) is 10.1 Å². The summed E-state index contributed by atoms with van der Waals surface area (Å²) < 4.78 is 5.36. The van der Waals surface area contributed by atoms with Crippen LogP contribution >= 0.6 is 0 Å². The Morgan fingerprint density at radius 1 is 1.19 bits per heavy atom. The van der Waals surface area contributed by atoms with Gasteiger partial charge in [-0.2, -0.15) is 9.97 Å². The Hall–Kier alpha value is -2.20. The van der Waals surface area contributed by atoms with E-state index in [1.54, 1.807) is 0 Å². The van der Waals surface area contributed by atoms with Gasteiger partial charge in [-0.15, -0.1) is 0 Å². The number of rotatable bonds is 6. The second kappa shape index (κ2) is 8.95. The minimum atomic E-state index is -0.475. The normalized spacial score (nSPS) is 19.2. The van der Waals surface area contributed by atoms with E-state index in [1.807, 2.05) is 4.90 Å². The average Bonchev–Trinajstić information content (AvgIpc) is 2.91. The first-order valence-corrected chi connectivity index (χ1v) is 9.37. The highest BCUT2D eigenvalue weighted by Gasteiger charge is 2.28. The summed E-state index contributed by atoms with van der Waals surface area (Å²) in [5.74, 6) is 0.621. The van der Waals surface area contributed by atoms with Gasteiger partial charge in [0.15, 0.2) is 0 Å². The van der Waals surface area contributed by atoms with E-state index >= 15 is 0 Å². The fraction of sp³-hybridized carbons (Fsp3) is 0.750. The van der Waals surface area contributed by atoms with Crippen molar-refractivity contribution in [2.45, 2.75) is 25.7 Å². The van der Waals surface area contributed by atoms with E-state index in [2.05, 4.69) is 15.3 Å². The maximum Gasteiger partial charge on any atom is 0.353 e. The van der Waals surface area contributed by atoms with Gasteiger partial charge in [0, 0.05) is 13.1 Å².